The van der Waals surface area contributed by atoms with Crippen molar-refractivity contribution in [2.75, 3.05) is 20.7 Å². The van der Waals surface area contributed by atoms with Gasteiger partial charge in [-0.15, -0.1) is 0 Å². The zero-order valence-corrected chi connectivity index (χ0v) is 10.8. The van der Waals surface area contributed by atoms with Gasteiger partial charge in [-0.25, -0.2) is 0 Å². The van der Waals surface area contributed by atoms with Gasteiger partial charge in [0.2, 0.25) is 5.91 Å². The first kappa shape index (κ1) is 15.9. The summed E-state index contributed by atoms with van der Waals surface area (Å²) in [5, 5.41) is 5.73. The summed E-state index contributed by atoms with van der Waals surface area (Å²) < 4.78 is 4.92. The molecule has 0 aliphatic carbocycles. The number of rotatable bonds is 9. The van der Waals surface area contributed by atoms with Gasteiger partial charge in [0, 0.05) is 0 Å². The highest BCUT2D eigenvalue weighted by Gasteiger charge is 2.19. The van der Waals surface area contributed by atoms with E-state index in [1.54, 1.807) is 21.0 Å². The van der Waals surface area contributed by atoms with Gasteiger partial charge < -0.3 is 21.1 Å². The summed E-state index contributed by atoms with van der Waals surface area (Å²) in [5.74, 6) is -0.625. The third kappa shape index (κ3) is 6.23. The summed E-state index contributed by atoms with van der Waals surface area (Å²) in [6.45, 7) is 2.15. The predicted molar refractivity (Wildman–Crippen MR) is 65.4 cm³/mol. The number of carbonyl (C=O) groups is 2. The Morgan fingerprint density at radius 3 is 2.12 bits per heavy atom. The average molecular weight is 245 g/mol. The molecule has 0 aromatic rings. The van der Waals surface area contributed by atoms with E-state index < -0.39 is 0 Å². The number of esters is 1. The van der Waals surface area contributed by atoms with E-state index in [9.17, 15) is 9.59 Å². The topological polar surface area (TPSA) is 93.4 Å². The van der Waals surface area contributed by atoms with Crippen molar-refractivity contribution in [3.8, 4) is 0 Å². The van der Waals surface area contributed by atoms with Gasteiger partial charge in [-0.2, -0.15) is 0 Å². The predicted octanol–water partition coefficient (Wildman–Crippen LogP) is -0.619. The second-order valence-electron chi connectivity index (χ2n) is 3.77. The second kappa shape index (κ2) is 8.95. The Balaban J connectivity index is 3.98. The Bertz CT molecular complexity index is 246. The minimum atomic E-state index is -0.371. The summed E-state index contributed by atoms with van der Waals surface area (Å²) in [7, 11) is 3.40. The van der Waals surface area contributed by atoms with Gasteiger partial charge in [0.15, 0.2) is 0 Å². The number of amides is 1. The van der Waals surface area contributed by atoms with Crippen LogP contribution in [0.1, 0.15) is 26.2 Å². The molecule has 100 valence electrons. The van der Waals surface area contributed by atoms with Crippen molar-refractivity contribution in [1.82, 2.24) is 10.6 Å². The molecule has 0 aromatic carbocycles. The van der Waals surface area contributed by atoms with Crippen LogP contribution in [0, 0.1) is 0 Å². The van der Waals surface area contributed by atoms with E-state index in [1.807, 2.05) is 0 Å². The first-order valence-corrected chi connectivity index (χ1v) is 5.87. The lowest BCUT2D eigenvalue weighted by molar-refractivity contribution is -0.145. The van der Waals surface area contributed by atoms with Gasteiger partial charge >= 0.3 is 5.97 Å². The molecule has 0 aliphatic heterocycles. The smallest absolute Gasteiger partial charge is 0.323 e. The van der Waals surface area contributed by atoms with Gasteiger partial charge in [-0.1, -0.05) is 0 Å². The highest BCUT2D eigenvalue weighted by molar-refractivity contribution is 5.79. The third-order valence-electron chi connectivity index (χ3n) is 2.60. The maximum atomic E-state index is 11.5. The Labute approximate surface area is 102 Å². The lowest BCUT2D eigenvalue weighted by atomic mass is 10.1. The quantitative estimate of drug-likeness (QED) is 0.471. The third-order valence-corrected chi connectivity index (χ3v) is 2.60. The van der Waals surface area contributed by atoms with Gasteiger partial charge in [-0.05, 0) is 40.3 Å². The zero-order chi connectivity index (χ0) is 13.3. The molecule has 0 rings (SSSR count). The average Bonchev–Trinajstić information content (AvgIpc) is 2.29. The highest BCUT2D eigenvalue weighted by Crippen LogP contribution is 2.05. The van der Waals surface area contributed by atoms with E-state index >= 15 is 0 Å². The van der Waals surface area contributed by atoms with Crippen LogP contribution in [0.15, 0.2) is 0 Å². The number of primary amides is 1. The molecule has 0 aliphatic rings. The number of ether oxygens (including phenoxy) is 1. The molecule has 0 saturated carbocycles. The monoisotopic (exact) mass is 245 g/mol. The van der Waals surface area contributed by atoms with Crippen LogP contribution >= 0.6 is 0 Å². The maximum Gasteiger partial charge on any atom is 0.323 e. The molecule has 0 saturated heterocycles. The molecule has 4 N–H and O–H groups in total. The van der Waals surface area contributed by atoms with Crippen LogP contribution in [0.4, 0.5) is 0 Å². The molecule has 17 heavy (non-hydrogen) atoms. The largest absolute Gasteiger partial charge is 0.465 e. The summed E-state index contributed by atoms with van der Waals surface area (Å²) in [4.78, 5) is 22.4. The van der Waals surface area contributed by atoms with Crippen molar-refractivity contribution >= 4 is 11.9 Å². The molecule has 0 radical (unpaired) electrons. The maximum absolute atomic E-state index is 11.5. The normalized spacial score (nSPS) is 14.1. The first-order valence-electron chi connectivity index (χ1n) is 5.87. The van der Waals surface area contributed by atoms with Crippen molar-refractivity contribution in [2.45, 2.75) is 38.3 Å². The van der Waals surface area contributed by atoms with E-state index in [0.29, 0.717) is 19.4 Å². The summed E-state index contributed by atoms with van der Waals surface area (Å²) in [6.07, 6.45) is 1.96. The standard InChI is InChI=1S/C11H23N3O3/c1-4-17-11(16)9(14-3)7-5-6-8(13-2)10(12)15/h8-9,13-14H,4-7H2,1-3H3,(H2,12,15). The van der Waals surface area contributed by atoms with E-state index in [0.717, 1.165) is 6.42 Å². The van der Waals surface area contributed by atoms with E-state index in [4.69, 9.17) is 10.5 Å². The molecule has 0 aromatic heterocycles. The molecule has 6 nitrogen and oxygen atoms in total. The van der Waals surface area contributed by atoms with Gasteiger partial charge in [0.05, 0.1) is 12.6 Å². The lowest BCUT2D eigenvalue weighted by Crippen LogP contribution is -2.40. The van der Waals surface area contributed by atoms with Crippen molar-refractivity contribution in [2.24, 2.45) is 5.73 Å². The Morgan fingerprint density at radius 1 is 1.18 bits per heavy atom. The SMILES string of the molecule is CCOC(=O)C(CCCC(NC)C(N)=O)NC. The van der Waals surface area contributed by atoms with Crippen LogP contribution in [0.2, 0.25) is 0 Å². The molecule has 1 amide bonds. The van der Waals surface area contributed by atoms with Crippen LogP contribution in [-0.4, -0.2) is 44.7 Å². The second-order valence-corrected chi connectivity index (χ2v) is 3.77. The summed E-state index contributed by atoms with van der Waals surface area (Å²) >= 11 is 0. The van der Waals surface area contributed by atoms with Crippen molar-refractivity contribution in [1.29, 1.82) is 0 Å². The number of hydrogen-bond acceptors (Lipinski definition) is 5. The number of nitrogens with one attached hydrogen (secondary N) is 2. The molecule has 2 unspecified atom stereocenters. The van der Waals surface area contributed by atoms with E-state index in [1.165, 1.54) is 0 Å². The van der Waals surface area contributed by atoms with Crippen LogP contribution < -0.4 is 16.4 Å². The molecule has 2 atom stereocenters. The van der Waals surface area contributed by atoms with Gasteiger partial charge in [0.25, 0.3) is 0 Å². The van der Waals surface area contributed by atoms with Crippen LogP contribution in [0.3, 0.4) is 0 Å². The van der Waals surface area contributed by atoms with Gasteiger partial charge in [-0.3, -0.25) is 9.59 Å². The number of nitrogens with two attached hydrogens (primary N) is 1. The van der Waals surface area contributed by atoms with Crippen LogP contribution in [-0.2, 0) is 14.3 Å². The number of hydrogen-bond donors (Lipinski definition) is 3. The van der Waals surface area contributed by atoms with E-state index in [-0.39, 0.29) is 24.0 Å². The Morgan fingerprint density at radius 2 is 1.71 bits per heavy atom. The fraction of sp³-hybridized carbons (Fsp3) is 0.818. The minimum absolute atomic E-state index is 0.255. The molecule has 0 fully saturated rings. The fourth-order valence-corrected chi connectivity index (χ4v) is 1.58. The summed E-state index contributed by atoms with van der Waals surface area (Å²) in [5.41, 5.74) is 5.20. The molecular formula is C11H23N3O3. The van der Waals surface area contributed by atoms with Crippen molar-refractivity contribution < 1.29 is 14.3 Å². The molecule has 6 heteroatoms. The van der Waals surface area contributed by atoms with Crippen molar-refractivity contribution in [3.63, 3.8) is 0 Å². The molecular weight excluding hydrogens is 222 g/mol. The lowest BCUT2D eigenvalue weighted by Gasteiger charge is -2.16. The van der Waals surface area contributed by atoms with Crippen LogP contribution in [0.25, 0.3) is 0 Å². The molecule has 0 bridgehead atoms. The zero-order valence-electron chi connectivity index (χ0n) is 10.8. The first-order chi connectivity index (χ1) is 8.06. The fourth-order valence-electron chi connectivity index (χ4n) is 1.58. The number of likely N-dealkylation sites (N-methyl/N-ethyl adjacent to an activating group) is 2. The van der Waals surface area contributed by atoms with Crippen LogP contribution in [0.5, 0.6) is 0 Å². The van der Waals surface area contributed by atoms with Crippen molar-refractivity contribution in [3.05, 3.63) is 0 Å². The highest BCUT2D eigenvalue weighted by atomic mass is 16.5. The molecule has 0 spiro atoms. The molecule has 0 heterocycles. The Hall–Kier alpha value is -1.14. The van der Waals surface area contributed by atoms with E-state index in [2.05, 4.69) is 10.6 Å². The summed E-state index contributed by atoms with van der Waals surface area (Å²) in [6, 6.07) is -0.657. The Kier molecular flexibility index (Phi) is 8.35. The number of carbonyl (C=O) groups excluding carboxylic acids is 2. The minimum Gasteiger partial charge on any atom is -0.465 e. The van der Waals surface area contributed by atoms with Gasteiger partial charge in [0.1, 0.15) is 6.04 Å².